The number of aliphatic hydroxyl groups is 1. The van der Waals surface area contributed by atoms with E-state index in [9.17, 15) is 5.11 Å². The van der Waals surface area contributed by atoms with E-state index in [1.165, 1.54) is 12.8 Å². The van der Waals surface area contributed by atoms with Gasteiger partial charge in [-0.05, 0) is 56.9 Å². The van der Waals surface area contributed by atoms with Crippen LogP contribution in [0.1, 0.15) is 30.9 Å². The first kappa shape index (κ1) is 14.8. The Balaban J connectivity index is 1.89. The minimum absolute atomic E-state index is 0.299. The van der Waals surface area contributed by atoms with Gasteiger partial charge in [-0.3, -0.25) is 0 Å². The molecule has 1 aliphatic carbocycles. The molecular formula is C15H22BrNO2. The lowest BCUT2D eigenvalue weighted by atomic mass is 10.1. The average molecular weight is 328 g/mol. The van der Waals surface area contributed by atoms with Crippen molar-refractivity contribution >= 4 is 15.9 Å². The van der Waals surface area contributed by atoms with Gasteiger partial charge in [-0.25, -0.2) is 0 Å². The molecule has 106 valence electrons. The van der Waals surface area contributed by atoms with E-state index in [0.717, 1.165) is 21.3 Å². The van der Waals surface area contributed by atoms with Crippen LogP contribution in [0.25, 0.3) is 0 Å². The number of ether oxygens (including phenoxy) is 1. The van der Waals surface area contributed by atoms with Crippen LogP contribution in [-0.4, -0.2) is 29.9 Å². The summed E-state index contributed by atoms with van der Waals surface area (Å²) in [5, 5.41) is 13.6. The van der Waals surface area contributed by atoms with Crippen molar-refractivity contribution in [3.8, 4) is 5.75 Å². The van der Waals surface area contributed by atoms with Gasteiger partial charge in [0.05, 0.1) is 0 Å². The van der Waals surface area contributed by atoms with Gasteiger partial charge in [0.25, 0.3) is 0 Å². The Bertz CT molecular complexity index is 432. The van der Waals surface area contributed by atoms with Crippen molar-refractivity contribution in [1.29, 1.82) is 0 Å². The Hall–Kier alpha value is -0.580. The van der Waals surface area contributed by atoms with Gasteiger partial charge < -0.3 is 15.2 Å². The molecule has 0 heterocycles. The van der Waals surface area contributed by atoms with Gasteiger partial charge in [-0.15, -0.1) is 0 Å². The van der Waals surface area contributed by atoms with Gasteiger partial charge in [0, 0.05) is 17.1 Å². The molecule has 0 radical (unpaired) electrons. The molecule has 0 aliphatic heterocycles. The second kappa shape index (κ2) is 5.81. The van der Waals surface area contributed by atoms with Crippen LogP contribution >= 0.6 is 15.9 Å². The van der Waals surface area contributed by atoms with Crippen LogP contribution in [0.4, 0.5) is 0 Å². The first-order valence-corrected chi connectivity index (χ1v) is 7.52. The SMILES string of the molecule is Cc1cc(OCC(C)(O)CNC2CC2)cc(C)c1Br. The van der Waals surface area contributed by atoms with E-state index in [0.29, 0.717) is 19.2 Å². The van der Waals surface area contributed by atoms with E-state index in [1.54, 1.807) is 6.92 Å². The second-order valence-corrected chi connectivity index (χ2v) is 6.60. The number of rotatable bonds is 6. The molecule has 0 aromatic heterocycles. The molecule has 1 aromatic rings. The van der Waals surface area contributed by atoms with Crippen LogP contribution in [0, 0.1) is 13.8 Å². The van der Waals surface area contributed by atoms with Crippen LogP contribution in [0.3, 0.4) is 0 Å². The predicted molar refractivity (Wildman–Crippen MR) is 80.8 cm³/mol. The largest absolute Gasteiger partial charge is 0.491 e. The molecule has 2 N–H and O–H groups in total. The topological polar surface area (TPSA) is 41.5 Å². The molecule has 1 unspecified atom stereocenters. The molecule has 0 saturated heterocycles. The Morgan fingerprint density at radius 1 is 1.37 bits per heavy atom. The molecule has 1 saturated carbocycles. The Morgan fingerprint density at radius 2 is 1.95 bits per heavy atom. The Labute approximate surface area is 123 Å². The summed E-state index contributed by atoms with van der Waals surface area (Å²) in [6.45, 7) is 6.76. The van der Waals surface area contributed by atoms with Crippen LogP contribution in [0.2, 0.25) is 0 Å². The monoisotopic (exact) mass is 327 g/mol. The van der Waals surface area contributed by atoms with Crippen LogP contribution in [0.5, 0.6) is 5.75 Å². The maximum atomic E-state index is 10.2. The highest BCUT2D eigenvalue weighted by Crippen LogP contribution is 2.27. The number of halogens is 1. The highest BCUT2D eigenvalue weighted by molar-refractivity contribution is 9.10. The van der Waals surface area contributed by atoms with Crippen molar-refractivity contribution in [3.63, 3.8) is 0 Å². The summed E-state index contributed by atoms with van der Waals surface area (Å²) in [5.41, 5.74) is 1.45. The fourth-order valence-corrected chi connectivity index (χ4v) is 2.16. The fourth-order valence-electron chi connectivity index (χ4n) is 1.93. The summed E-state index contributed by atoms with van der Waals surface area (Å²) in [4.78, 5) is 0. The first-order valence-electron chi connectivity index (χ1n) is 6.73. The molecule has 1 aliphatic rings. The summed E-state index contributed by atoms with van der Waals surface area (Å²) < 4.78 is 6.84. The second-order valence-electron chi connectivity index (χ2n) is 5.81. The lowest BCUT2D eigenvalue weighted by Crippen LogP contribution is -2.43. The number of aryl methyl sites for hydroxylation is 2. The maximum absolute atomic E-state index is 10.2. The summed E-state index contributed by atoms with van der Waals surface area (Å²) in [5.74, 6) is 0.810. The molecular weight excluding hydrogens is 306 g/mol. The molecule has 1 aromatic carbocycles. The number of benzene rings is 1. The smallest absolute Gasteiger partial charge is 0.120 e. The highest BCUT2D eigenvalue weighted by atomic mass is 79.9. The quantitative estimate of drug-likeness (QED) is 0.844. The third kappa shape index (κ3) is 4.48. The number of nitrogens with one attached hydrogen (secondary N) is 1. The van der Waals surface area contributed by atoms with E-state index in [-0.39, 0.29) is 0 Å². The fraction of sp³-hybridized carbons (Fsp3) is 0.600. The lowest BCUT2D eigenvalue weighted by Gasteiger charge is -2.24. The third-order valence-corrected chi connectivity index (χ3v) is 4.56. The van der Waals surface area contributed by atoms with E-state index < -0.39 is 5.60 Å². The lowest BCUT2D eigenvalue weighted by molar-refractivity contribution is 0.0120. The van der Waals surface area contributed by atoms with Crippen LogP contribution < -0.4 is 10.1 Å². The van der Waals surface area contributed by atoms with Crippen molar-refractivity contribution in [3.05, 3.63) is 27.7 Å². The van der Waals surface area contributed by atoms with Crippen LogP contribution in [0.15, 0.2) is 16.6 Å². The van der Waals surface area contributed by atoms with E-state index in [2.05, 4.69) is 21.2 Å². The van der Waals surface area contributed by atoms with E-state index in [1.807, 2.05) is 26.0 Å². The van der Waals surface area contributed by atoms with E-state index >= 15 is 0 Å². The molecule has 2 rings (SSSR count). The van der Waals surface area contributed by atoms with E-state index in [4.69, 9.17) is 4.74 Å². The molecule has 1 atom stereocenters. The zero-order valence-electron chi connectivity index (χ0n) is 11.8. The molecule has 4 heteroatoms. The minimum Gasteiger partial charge on any atom is -0.491 e. The molecule has 3 nitrogen and oxygen atoms in total. The molecule has 0 amide bonds. The van der Waals surface area contributed by atoms with Gasteiger partial charge in [-0.1, -0.05) is 15.9 Å². The van der Waals surface area contributed by atoms with Crippen LogP contribution in [-0.2, 0) is 0 Å². The van der Waals surface area contributed by atoms with Crippen molar-refractivity contribution in [2.24, 2.45) is 0 Å². The standard InChI is InChI=1S/C15H22BrNO2/c1-10-6-13(7-11(2)14(10)16)19-9-15(3,18)8-17-12-4-5-12/h6-7,12,17-18H,4-5,8-9H2,1-3H3. The molecule has 0 bridgehead atoms. The van der Waals surface area contributed by atoms with Gasteiger partial charge in [-0.2, -0.15) is 0 Å². The zero-order chi connectivity index (χ0) is 14.0. The summed E-state index contributed by atoms with van der Waals surface area (Å²) in [7, 11) is 0. The number of hydrogen-bond donors (Lipinski definition) is 2. The van der Waals surface area contributed by atoms with Crippen molar-refractivity contribution in [2.45, 2.75) is 45.3 Å². The summed E-state index contributed by atoms with van der Waals surface area (Å²) in [6.07, 6.45) is 2.45. The normalized spacial score (nSPS) is 18.2. The average Bonchev–Trinajstić information content (AvgIpc) is 3.15. The Kier molecular flexibility index (Phi) is 4.54. The Morgan fingerprint density at radius 3 is 2.47 bits per heavy atom. The maximum Gasteiger partial charge on any atom is 0.120 e. The molecule has 1 fully saturated rings. The zero-order valence-corrected chi connectivity index (χ0v) is 13.4. The number of hydrogen-bond acceptors (Lipinski definition) is 3. The van der Waals surface area contributed by atoms with Crippen molar-refractivity contribution < 1.29 is 9.84 Å². The van der Waals surface area contributed by atoms with Crippen molar-refractivity contribution in [1.82, 2.24) is 5.32 Å². The van der Waals surface area contributed by atoms with Crippen molar-refractivity contribution in [2.75, 3.05) is 13.2 Å². The summed E-state index contributed by atoms with van der Waals surface area (Å²) in [6, 6.07) is 4.58. The van der Waals surface area contributed by atoms with Gasteiger partial charge in [0.1, 0.15) is 18.0 Å². The highest BCUT2D eigenvalue weighted by Gasteiger charge is 2.27. The molecule has 0 spiro atoms. The van der Waals surface area contributed by atoms with Gasteiger partial charge in [0.15, 0.2) is 0 Å². The minimum atomic E-state index is -0.836. The van der Waals surface area contributed by atoms with Gasteiger partial charge >= 0.3 is 0 Å². The van der Waals surface area contributed by atoms with Gasteiger partial charge in [0.2, 0.25) is 0 Å². The molecule has 19 heavy (non-hydrogen) atoms. The predicted octanol–water partition coefficient (Wildman–Crippen LogP) is 2.95. The first-order chi connectivity index (χ1) is 8.87. The summed E-state index contributed by atoms with van der Waals surface area (Å²) >= 11 is 3.54. The third-order valence-electron chi connectivity index (χ3n) is 3.31.